The molecule has 9 heteroatoms. The average molecular weight is 503 g/mol. The van der Waals surface area contributed by atoms with Crippen molar-refractivity contribution in [2.75, 3.05) is 23.8 Å². The Morgan fingerprint density at radius 2 is 1.62 bits per heavy atom. The summed E-state index contributed by atoms with van der Waals surface area (Å²) >= 11 is 6.25. The van der Waals surface area contributed by atoms with Gasteiger partial charge in [-0.15, -0.1) is 0 Å². The quantitative estimate of drug-likeness (QED) is 0.393. The van der Waals surface area contributed by atoms with Crippen LogP contribution in [0.4, 0.5) is 11.4 Å². The van der Waals surface area contributed by atoms with Crippen LogP contribution in [0, 0.1) is 0 Å². The molecule has 3 aromatic carbocycles. The number of halogens is 1. The molecule has 0 saturated heterocycles. The van der Waals surface area contributed by atoms with Crippen LogP contribution in [-0.2, 0) is 27.7 Å². The molecule has 180 valence electrons. The van der Waals surface area contributed by atoms with Gasteiger partial charge in [0.05, 0.1) is 17.0 Å². The molecule has 0 atom stereocenters. The van der Waals surface area contributed by atoms with Crippen LogP contribution >= 0.6 is 11.6 Å². The van der Waals surface area contributed by atoms with Gasteiger partial charge in [-0.25, -0.2) is 8.42 Å². The molecule has 0 aliphatic carbocycles. The van der Waals surface area contributed by atoms with Gasteiger partial charge in [0.2, 0.25) is 0 Å². The number of carbonyl (C=O) groups excluding carboxylic acids is 1. The molecule has 1 amide bonds. The molecule has 0 aromatic heterocycles. The molecule has 0 unspecified atom stereocenters. The van der Waals surface area contributed by atoms with E-state index < -0.39 is 10.0 Å². The predicted octanol–water partition coefficient (Wildman–Crippen LogP) is 5.29. The molecule has 3 rings (SSSR count). The zero-order chi connectivity index (χ0) is 24.7. The number of rotatable bonds is 10. The highest BCUT2D eigenvalue weighted by molar-refractivity contribution is 7.92. The van der Waals surface area contributed by atoms with Crippen molar-refractivity contribution in [3.05, 3.63) is 76.8 Å². The lowest BCUT2D eigenvalue weighted by atomic mass is 10.0. The van der Waals surface area contributed by atoms with Gasteiger partial charge in [0.25, 0.3) is 15.9 Å². The summed E-state index contributed by atoms with van der Waals surface area (Å²) in [5.41, 5.74) is 3.28. The second-order valence-electron chi connectivity index (χ2n) is 7.42. The fraction of sp³-hybridized carbons (Fsp3) is 0.240. The Labute approximate surface area is 205 Å². The van der Waals surface area contributed by atoms with Gasteiger partial charge in [0, 0.05) is 11.4 Å². The standard InChI is InChI=1S/C25H27ClN2O5S/c1-4-17-7-6-8-18(5-2)25(17)27-24(29)16-33-23-14-13-21(15-22(23)26)34(30,31)28-19-9-11-20(32-3)12-10-19/h6-15,28H,4-5,16H2,1-3H3,(H,27,29). The number of hydrogen-bond donors (Lipinski definition) is 2. The van der Waals surface area contributed by atoms with Crippen molar-refractivity contribution in [1.82, 2.24) is 0 Å². The van der Waals surface area contributed by atoms with E-state index in [0.717, 1.165) is 29.7 Å². The molecular weight excluding hydrogens is 476 g/mol. The van der Waals surface area contributed by atoms with E-state index in [-0.39, 0.29) is 28.2 Å². The first-order chi connectivity index (χ1) is 16.3. The summed E-state index contributed by atoms with van der Waals surface area (Å²) in [4.78, 5) is 12.5. The van der Waals surface area contributed by atoms with E-state index in [1.54, 1.807) is 24.3 Å². The number of para-hydroxylation sites is 1. The van der Waals surface area contributed by atoms with Crippen LogP contribution < -0.4 is 19.5 Å². The van der Waals surface area contributed by atoms with Crippen LogP contribution in [0.3, 0.4) is 0 Å². The zero-order valence-electron chi connectivity index (χ0n) is 19.2. The summed E-state index contributed by atoms with van der Waals surface area (Å²) < 4.78 is 38.5. The van der Waals surface area contributed by atoms with Gasteiger partial charge in [-0.2, -0.15) is 0 Å². The topological polar surface area (TPSA) is 93.7 Å². The predicted molar refractivity (Wildman–Crippen MR) is 135 cm³/mol. The average Bonchev–Trinajstić information content (AvgIpc) is 2.83. The van der Waals surface area contributed by atoms with E-state index >= 15 is 0 Å². The molecule has 0 heterocycles. The lowest BCUT2D eigenvalue weighted by Crippen LogP contribution is -2.22. The summed E-state index contributed by atoms with van der Waals surface area (Å²) in [6.07, 6.45) is 1.58. The highest BCUT2D eigenvalue weighted by Crippen LogP contribution is 2.29. The lowest BCUT2D eigenvalue weighted by molar-refractivity contribution is -0.118. The van der Waals surface area contributed by atoms with Gasteiger partial charge in [0.1, 0.15) is 11.5 Å². The number of hydrogen-bond acceptors (Lipinski definition) is 5. The molecule has 0 saturated carbocycles. The van der Waals surface area contributed by atoms with Crippen molar-refractivity contribution in [1.29, 1.82) is 0 Å². The van der Waals surface area contributed by atoms with E-state index in [4.69, 9.17) is 21.1 Å². The number of carbonyl (C=O) groups is 1. The molecule has 3 aromatic rings. The number of sulfonamides is 1. The Morgan fingerprint density at radius 3 is 2.18 bits per heavy atom. The van der Waals surface area contributed by atoms with E-state index in [1.807, 2.05) is 32.0 Å². The minimum atomic E-state index is -3.87. The number of aryl methyl sites for hydroxylation is 2. The molecular formula is C25H27ClN2O5S. The third-order valence-electron chi connectivity index (χ3n) is 5.18. The molecule has 0 spiro atoms. The highest BCUT2D eigenvalue weighted by Gasteiger charge is 2.17. The number of benzene rings is 3. The second-order valence-corrected chi connectivity index (χ2v) is 9.51. The molecule has 0 fully saturated rings. The third-order valence-corrected chi connectivity index (χ3v) is 6.85. The van der Waals surface area contributed by atoms with Crippen LogP contribution in [0.25, 0.3) is 0 Å². The first-order valence-corrected chi connectivity index (χ1v) is 12.6. The van der Waals surface area contributed by atoms with Crippen molar-refractivity contribution in [3.8, 4) is 11.5 Å². The van der Waals surface area contributed by atoms with Gasteiger partial charge >= 0.3 is 0 Å². The third kappa shape index (κ3) is 6.21. The Kier molecular flexibility index (Phi) is 8.41. The number of methoxy groups -OCH3 is 1. The highest BCUT2D eigenvalue weighted by atomic mass is 35.5. The van der Waals surface area contributed by atoms with Gasteiger partial charge in [-0.3, -0.25) is 9.52 Å². The van der Waals surface area contributed by atoms with Crippen molar-refractivity contribution in [3.63, 3.8) is 0 Å². The monoisotopic (exact) mass is 502 g/mol. The number of anilines is 2. The van der Waals surface area contributed by atoms with Crippen LogP contribution in [0.5, 0.6) is 11.5 Å². The summed E-state index contributed by atoms with van der Waals surface area (Å²) in [5, 5.41) is 3.00. The number of nitrogens with one attached hydrogen (secondary N) is 2. The summed E-state index contributed by atoms with van der Waals surface area (Å²) in [6.45, 7) is 3.79. The lowest BCUT2D eigenvalue weighted by Gasteiger charge is -2.15. The Balaban J connectivity index is 1.66. The molecule has 0 aliphatic rings. The van der Waals surface area contributed by atoms with Crippen molar-refractivity contribution in [2.24, 2.45) is 0 Å². The summed E-state index contributed by atoms with van der Waals surface area (Å²) in [5.74, 6) is 0.491. The second kappa shape index (κ2) is 11.3. The first-order valence-electron chi connectivity index (χ1n) is 10.8. The summed E-state index contributed by atoms with van der Waals surface area (Å²) in [6, 6.07) is 16.5. The molecule has 2 N–H and O–H groups in total. The minimum absolute atomic E-state index is 0.0328. The van der Waals surface area contributed by atoms with E-state index in [1.165, 1.54) is 25.3 Å². The Bertz CT molecular complexity index is 1240. The largest absolute Gasteiger partial charge is 0.497 e. The van der Waals surface area contributed by atoms with Crippen LogP contribution in [0.2, 0.25) is 5.02 Å². The fourth-order valence-corrected chi connectivity index (χ4v) is 4.75. The zero-order valence-corrected chi connectivity index (χ0v) is 20.8. The van der Waals surface area contributed by atoms with E-state index in [0.29, 0.717) is 11.4 Å². The minimum Gasteiger partial charge on any atom is -0.497 e. The van der Waals surface area contributed by atoms with Crippen LogP contribution in [-0.4, -0.2) is 28.0 Å². The SMILES string of the molecule is CCc1cccc(CC)c1NC(=O)COc1ccc(S(=O)(=O)Nc2ccc(OC)cc2)cc1Cl. The van der Waals surface area contributed by atoms with Crippen molar-refractivity contribution in [2.45, 2.75) is 31.6 Å². The van der Waals surface area contributed by atoms with E-state index in [9.17, 15) is 13.2 Å². The van der Waals surface area contributed by atoms with Gasteiger partial charge in [0.15, 0.2) is 6.61 Å². The molecule has 0 aliphatic heterocycles. The summed E-state index contributed by atoms with van der Waals surface area (Å²) in [7, 11) is -2.34. The van der Waals surface area contributed by atoms with Gasteiger partial charge in [-0.05, 0) is 66.4 Å². The maximum atomic E-state index is 12.7. The molecule has 0 radical (unpaired) electrons. The maximum absolute atomic E-state index is 12.7. The van der Waals surface area contributed by atoms with E-state index in [2.05, 4.69) is 10.0 Å². The number of ether oxygens (including phenoxy) is 2. The first kappa shape index (κ1) is 25.4. The maximum Gasteiger partial charge on any atom is 0.262 e. The van der Waals surface area contributed by atoms with Gasteiger partial charge in [-0.1, -0.05) is 43.6 Å². The molecule has 0 bridgehead atoms. The normalized spacial score (nSPS) is 11.1. The Hall–Kier alpha value is -3.23. The van der Waals surface area contributed by atoms with Crippen LogP contribution in [0.15, 0.2) is 65.6 Å². The van der Waals surface area contributed by atoms with Crippen molar-refractivity contribution < 1.29 is 22.7 Å². The smallest absolute Gasteiger partial charge is 0.262 e. The fourth-order valence-electron chi connectivity index (χ4n) is 3.36. The van der Waals surface area contributed by atoms with Crippen LogP contribution in [0.1, 0.15) is 25.0 Å². The Morgan fingerprint density at radius 1 is 0.971 bits per heavy atom. The van der Waals surface area contributed by atoms with Gasteiger partial charge < -0.3 is 14.8 Å². The van der Waals surface area contributed by atoms with Crippen molar-refractivity contribution >= 4 is 38.9 Å². The number of amides is 1. The molecule has 7 nitrogen and oxygen atoms in total. The molecule has 34 heavy (non-hydrogen) atoms.